The second-order valence-corrected chi connectivity index (χ2v) is 25.4. The van der Waals surface area contributed by atoms with Gasteiger partial charge < -0.3 is 72.2 Å². The van der Waals surface area contributed by atoms with E-state index in [1.54, 1.807) is 13.8 Å². The molecule has 8 aliphatic carbocycles. The molecule has 20 unspecified atom stereocenters. The molecule has 7 fully saturated rings. The van der Waals surface area contributed by atoms with Gasteiger partial charge in [0.2, 0.25) is 0 Å². The van der Waals surface area contributed by atoms with Crippen molar-refractivity contribution >= 4 is 5.78 Å². The molecule has 14 N–H and O–H groups in total. The minimum atomic E-state index is -2.03. The summed E-state index contributed by atoms with van der Waals surface area (Å²) >= 11 is 0. The summed E-state index contributed by atoms with van der Waals surface area (Å²) in [6.07, 6.45) is 10.9. The van der Waals surface area contributed by atoms with Gasteiger partial charge in [0, 0.05) is 65.0 Å². The molecule has 10 aliphatic rings. The number of carbonyl (C=O) groups excluding carboxylic acids is 1. The van der Waals surface area contributed by atoms with Crippen molar-refractivity contribution in [1.82, 2.24) is 10.6 Å². The highest BCUT2D eigenvalue weighted by Gasteiger charge is 2.84. The van der Waals surface area contributed by atoms with Crippen LogP contribution in [0.3, 0.4) is 0 Å². The van der Waals surface area contributed by atoms with Crippen molar-refractivity contribution in [2.75, 3.05) is 19.8 Å². The van der Waals surface area contributed by atoms with E-state index in [1.807, 2.05) is 24.3 Å². The molecule has 0 radical (unpaired) electrons. The van der Waals surface area contributed by atoms with E-state index in [0.717, 1.165) is 49.8 Å². The Kier molecular flexibility index (Phi) is 14.3. The summed E-state index contributed by atoms with van der Waals surface area (Å²) < 4.78 is 7.09. The van der Waals surface area contributed by atoms with Gasteiger partial charge in [-0.25, -0.2) is 0 Å². The molecule has 10 rings (SSSR count). The predicted molar refractivity (Wildman–Crippen MR) is 269 cm³/mol. The largest absolute Gasteiger partial charge is 0.396 e. The molecular formula is C57H89N3O12. The molecule has 1 saturated heterocycles. The van der Waals surface area contributed by atoms with Crippen molar-refractivity contribution in [3.63, 3.8) is 0 Å². The molecule has 2 heterocycles. The van der Waals surface area contributed by atoms with Gasteiger partial charge in [-0.2, -0.15) is 0 Å². The van der Waals surface area contributed by atoms with Crippen molar-refractivity contribution in [3.05, 3.63) is 46.8 Å². The summed E-state index contributed by atoms with van der Waals surface area (Å²) in [7, 11) is 0. The van der Waals surface area contributed by atoms with Crippen LogP contribution in [0.2, 0.25) is 0 Å². The molecule has 0 aromatic heterocycles. The second-order valence-electron chi connectivity index (χ2n) is 25.4. The third-order valence-electron chi connectivity index (χ3n) is 22.1. The summed E-state index contributed by atoms with van der Waals surface area (Å²) in [6, 6.07) is 0. The van der Waals surface area contributed by atoms with Gasteiger partial charge in [-0.05, 0) is 151 Å². The lowest BCUT2D eigenvalue weighted by atomic mass is 9.32. The number of hydrogen-bond acceptors (Lipinski definition) is 15. The second kappa shape index (κ2) is 19.3. The van der Waals surface area contributed by atoms with Crippen LogP contribution in [0.25, 0.3) is 0 Å². The number of rotatable bonds is 13. The highest BCUT2D eigenvalue weighted by atomic mass is 16.5. The Morgan fingerprint density at radius 3 is 2.39 bits per heavy atom. The van der Waals surface area contributed by atoms with Crippen LogP contribution >= 0.6 is 0 Å². The van der Waals surface area contributed by atoms with Crippen molar-refractivity contribution in [2.24, 2.45) is 62.9 Å². The van der Waals surface area contributed by atoms with Gasteiger partial charge in [0.15, 0.2) is 5.78 Å². The normalized spacial score (nSPS) is 47.8. The Balaban J connectivity index is 1.17. The number of nitrogens with two attached hydrogens (primary N) is 1. The molecule has 0 bridgehead atoms. The topological polar surface area (TPSA) is 279 Å². The molecule has 20 atom stereocenters. The van der Waals surface area contributed by atoms with Crippen molar-refractivity contribution in [3.8, 4) is 0 Å². The zero-order valence-corrected chi connectivity index (χ0v) is 43.2. The van der Waals surface area contributed by atoms with Gasteiger partial charge >= 0.3 is 0 Å². The third kappa shape index (κ3) is 7.49. The molecule has 2 aliphatic heterocycles. The molecule has 6 saturated carbocycles. The van der Waals surface area contributed by atoms with Crippen molar-refractivity contribution in [2.45, 2.75) is 221 Å². The van der Waals surface area contributed by atoms with E-state index >= 15 is 4.79 Å². The average molecular weight is 1010 g/mol. The third-order valence-corrected chi connectivity index (χ3v) is 22.1. The first-order chi connectivity index (χ1) is 34.3. The van der Waals surface area contributed by atoms with E-state index in [1.165, 1.54) is 0 Å². The number of carbonyl (C=O) groups is 1. The first-order valence-electron chi connectivity index (χ1n) is 28.4. The number of dihydropyridines is 1. The number of allylic oxidation sites excluding steroid dienone is 5. The smallest absolute Gasteiger partial charge is 0.182 e. The molecule has 72 heavy (non-hydrogen) atoms. The maximum absolute atomic E-state index is 16.0. The maximum Gasteiger partial charge on any atom is 0.182 e. The van der Waals surface area contributed by atoms with Crippen LogP contribution in [0, 0.1) is 57.2 Å². The lowest BCUT2D eigenvalue weighted by Crippen LogP contribution is -2.77. The van der Waals surface area contributed by atoms with E-state index in [4.69, 9.17) is 10.5 Å². The standard InChI is InChI=1S/C57H89N3O12/c1-4-9-33-12-14-36-42(16-13-33)72-50-46(36)39(64)11-7-22-57(50,71)51(3,69)43-19-24-56(70)49-47(59-30-32(2)63)48(68)37-26-40(65)41(66)28-53(37)27-34(35-15-17-45(58)60-38(35)10-8-25-61)18-23-54(49,53)44(67)29-55(43,56)52(31-62)20-5-6-21-52/h15,17-18,23,32-34,36-37,39-46,50,59-67,69-71H,4-14,16,19-22,24-31,58H2,1-3H3. The van der Waals surface area contributed by atoms with Gasteiger partial charge in [-0.3, -0.25) is 4.79 Å². The number of aliphatic hydroxyl groups excluding tert-OH is 7. The van der Waals surface area contributed by atoms with E-state index < -0.39 is 105 Å². The van der Waals surface area contributed by atoms with E-state index in [2.05, 4.69) is 17.6 Å². The summed E-state index contributed by atoms with van der Waals surface area (Å²) in [6.45, 7) is 4.97. The SMILES string of the molecule is CCCC1CCC2OC3C(C(O)CCCC3(O)C(C)(O)C3CCC4(O)C5=C(NCC(C)O)C(=O)C6CC(O)C(O)CC67CC(C6=C(CCCO)NC(N)C=C6)C=CC57C(O)CC34C3(CO)CCCC3)C2CC1. The van der Waals surface area contributed by atoms with E-state index in [9.17, 15) is 51.1 Å². The molecule has 2 spiro atoms. The highest BCUT2D eigenvalue weighted by Crippen LogP contribution is 2.81. The summed E-state index contributed by atoms with van der Waals surface area (Å²) in [5, 5.41) is 132. The van der Waals surface area contributed by atoms with Crippen LogP contribution in [-0.4, -0.2) is 142 Å². The molecular weight excluding hydrogens is 919 g/mol. The number of fused-ring (bicyclic) bond motifs is 5. The quantitative estimate of drug-likeness (QED) is 0.118. The fourth-order valence-electron chi connectivity index (χ4n) is 19.2. The monoisotopic (exact) mass is 1010 g/mol. The van der Waals surface area contributed by atoms with E-state index in [0.29, 0.717) is 57.3 Å². The summed E-state index contributed by atoms with van der Waals surface area (Å²) in [4.78, 5) is 16.0. The van der Waals surface area contributed by atoms with Crippen molar-refractivity contribution in [1.29, 1.82) is 0 Å². The maximum atomic E-state index is 16.0. The minimum Gasteiger partial charge on any atom is -0.396 e. The Labute approximate surface area is 426 Å². The number of ketones is 1. The molecule has 0 aromatic carbocycles. The fourth-order valence-corrected chi connectivity index (χ4v) is 19.2. The zero-order valence-electron chi connectivity index (χ0n) is 43.2. The van der Waals surface area contributed by atoms with Crippen LogP contribution in [-0.2, 0) is 9.53 Å². The number of nitrogens with one attached hydrogen (secondary N) is 2. The van der Waals surface area contributed by atoms with Crippen molar-refractivity contribution < 1.29 is 60.6 Å². The molecule has 15 heteroatoms. The van der Waals surface area contributed by atoms with Crippen LogP contribution in [0.1, 0.15) is 156 Å². The lowest BCUT2D eigenvalue weighted by Gasteiger charge is -2.73. The predicted octanol–water partition coefficient (Wildman–Crippen LogP) is 3.41. The van der Waals surface area contributed by atoms with Gasteiger partial charge in [0.1, 0.15) is 5.60 Å². The molecule has 404 valence electrons. The Hall–Kier alpha value is -2.25. The van der Waals surface area contributed by atoms with Gasteiger partial charge in [0.25, 0.3) is 0 Å². The lowest BCUT2D eigenvalue weighted by molar-refractivity contribution is -0.290. The van der Waals surface area contributed by atoms with Gasteiger partial charge in [-0.15, -0.1) is 0 Å². The minimum absolute atomic E-state index is 0.00812. The van der Waals surface area contributed by atoms with Gasteiger partial charge in [-0.1, -0.05) is 57.3 Å². The first kappa shape index (κ1) is 53.2. The van der Waals surface area contributed by atoms with Crippen LogP contribution < -0.4 is 16.4 Å². The summed E-state index contributed by atoms with van der Waals surface area (Å²) in [5.74, 6) is -2.56. The first-order valence-corrected chi connectivity index (χ1v) is 28.4. The van der Waals surface area contributed by atoms with Crippen LogP contribution in [0.4, 0.5) is 0 Å². The van der Waals surface area contributed by atoms with Crippen LogP contribution in [0.5, 0.6) is 0 Å². The number of ether oxygens (including phenoxy) is 1. The number of Topliss-reactive ketones (excluding diaryl/α,β-unsaturated/α-hetero) is 1. The molecule has 0 amide bonds. The Morgan fingerprint density at radius 1 is 0.931 bits per heavy atom. The number of hydrogen-bond donors (Lipinski definition) is 13. The average Bonchev–Trinajstić information content (AvgIpc) is 4.01. The molecule has 0 aromatic rings. The number of aliphatic hydroxyl groups is 10. The van der Waals surface area contributed by atoms with Crippen LogP contribution in [0.15, 0.2) is 46.8 Å². The Bertz CT molecular complexity index is 2170. The summed E-state index contributed by atoms with van der Waals surface area (Å²) in [5.41, 5.74) is -3.07. The Morgan fingerprint density at radius 2 is 1.68 bits per heavy atom. The zero-order chi connectivity index (χ0) is 51.4. The van der Waals surface area contributed by atoms with E-state index in [-0.39, 0.29) is 93.9 Å². The fraction of sp³-hybridized carbons (Fsp3) is 0.842. The van der Waals surface area contributed by atoms with Gasteiger partial charge in [0.05, 0.1) is 65.8 Å². The highest BCUT2D eigenvalue weighted by molar-refractivity contribution is 6.00. The molecule has 15 nitrogen and oxygen atoms in total.